The Bertz CT molecular complexity index is 1310. The van der Waals surface area contributed by atoms with Crippen molar-refractivity contribution < 1.29 is 17.6 Å². The van der Waals surface area contributed by atoms with Gasteiger partial charge in [-0.1, -0.05) is 18.2 Å². The van der Waals surface area contributed by atoms with Gasteiger partial charge < -0.3 is 10.3 Å². The number of carbonyl (C=O) groups is 1. The van der Waals surface area contributed by atoms with E-state index in [4.69, 9.17) is 0 Å². The molecule has 4 rings (SSSR count). The fraction of sp³-hybridized carbons (Fsp3) is 0.100. The second kappa shape index (κ2) is 7.98. The van der Waals surface area contributed by atoms with Crippen LogP contribution in [0, 0.1) is 5.82 Å². The molecule has 0 aliphatic carbocycles. The number of thiazole rings is 1. The maximum absolute atomic E-state index is 13.0. The van der Waals surface area contributed by atoms with Gasteiger partial charge in [0.05, 0.1) is 17.1 Å². The number of amides is 1. The molecule has 0 saturated heterocycles. The van der Waals surface area contributed by atoms with Crippen molar-refractivity contribution in [2.24, 2.45) is 0 Å². The second-order valence-electron chi connectivity index (χ2n) is 6.55. The summed E-state index contributed by atoms with van der Waals surface area (Å²) in [6.45, 7) is -0.401. The predicted octanol–water partition coefficient (Wildman–Crippen LogP) is 3.69. The van der Waals surface area contributed by atoms with Crippen LogP contribution in [0.5, 0.6) is 0 Å². The lowest BCUT2D eigenvalue weighted by molar-refractivity contribution is -0.116. The molecule has 154 valence electrons. The molecule has 0 radical (unpaired) electrons. The molecular formula is C20H17FN4O3S2. The normalized spacial score (nSPS) is 11.8. The van der Waals surface area contributed by atoms with E-state index in [1.165, 1.54) is 18.4 Å². The topological polar surface area (TPSA) is 95.2 Å². The van der Waals surface area contributed by atoms with E-state index in [1.807, 2.05) is 35.8 Å². The molecule has 10 heteroatoms. The number of likely N-dealkylation sites (N-methyl/N-ethyl adjacent to an activating group) is 1. The number of fused-ring (bicyclic) bond motifs is 1. The number of hydrogen-bond acceptors (Lipinski definition) is 5. The minimum atomic E-state index is -3.91. The van der Waals surface area contributed by atoms with Crippen molar-refractivity contribution in [1.82, 2.24) is 14.3 Å². The van der Waals surface area contributed by atoms with Crippen LogP contribution in [0.3, 0.4) is 0 Å². The zero-order valence-corrected chi connectivity index (χ0v) is 17.4. The number of nitrogens with zero attached hydrogens (tertiary/aromatic N) is 2. The van der Waals surface area contributed by atoms with E-state index in [0.717, 1.165) is 45.0 Å². The Hall–Kier alpha value is -3.08. The summed E-state index contributed by atoms with van der Waals surface area (Å²) in [4.78, 5) is 19.9. The van der Waals surface area contributed by atoms with Crippen molar-refractivity contribution in [3.05, 3.63) is 65.9 Å². The van der Waals surface area contributed by atoms with Gasteiger partial charge in [-0.05, 0) is 30.3 Å². The Kier molecular flexibility index (Phi) is 5.37. The zero-order chi connectivity index (χ0) is 21.3. The van der Waals surface area contributed by atoms with E-state index in [0.29, 0.717) is 10.8 Å². The molecule has 2 heterocycles. The maximum Gasteiger partial charge on any atom is 0.243 e. The maximum atomic E-state index is 13.0. The first-order chi connectivity index (χ1) is 14.3. The Morgan fingerprint density at radius 1 is 1.20 bits per heavy atom. The Balaban J connectivity index is 1.45. The molecule has 2 N–H and O–H groups in total. The smallest absolute Gasteiger partial charge is 0.243 e. The van der Waals surface area contributed by atoms with Gasteiger partial charge in [0.1, 0.15) is 5.82 Å². The van der Waals surface area contributed by atoms with Crippen molar-refractivity contribution in [3.8, 4) is 11.3 Å². The van der Waals surface area contributed by atoms with Gasteiger partial charge in [0.15, 0.2) is 5.13 Å². The van der Waals surface area contributed by atoms with Crippen molar-refractivity contribution in [1.29, 1.82) is 0 Å². The number of aromatic amines is 1. The summed E-state index contributed by atoms with van der Waals surface area (Å²) in [5.41, 5.74) is 2.61. The van der Waals surface area contributed by atoms with Gasteiger partial charge >= 0.3 is 0 Å². The van der Waals surface area contributed by atoms with Gasteiger partial charge in [-0.15, -0.1) is 11.3 Å². The Morgan fingerprint density at radius 2 is 1.93 bits per heavy atom. The number of nitrogens with one attached hydrogen (secondary N) is 2. The van der Waals surface area contributed by atoms with Crippen LogP contribution in [0.1, 0.15) is 0 Å². The average Bonchev–Trinajstić information content (AvgIpc) is 3.34. The van der Waals surface area contributed by atoms with Gasteiger partial charge in [-0.25, -0.2) is 17.8 Å². The van der Waals surface area contributed by atoms with Crippen molar-refractivity contribution in [3.63, 3.8) is 0 Å². The monoisotopic (exact) mass is 444 g/mol. The molecule has 2 aromatic heterocycles. The van der Waals surface area contributed by atoms with Crippen LogP contribution in [-0.4, -0.2) is 42.2 Å². The van der Waals surface area contributed by atoms with Crippen LogP contribution in [0.15, 0.2) is 65.0 Å². The summed E-state index contributed by atoms with van der Waals surface area (Å²) in [5.74, 6) is -1.06. The summed E-state index contributed by atoms with van der Waals surface area (Å²) in [6, 6.07) is 12.3. The molecule has 0 atom stereocenters. The molecule has 0 saturated carbocycles. The molecule has 0 unspecified atom stereocenters. The molecule has 0 bridgehead atoms. The molecule has 0 fully saturated rings. The van der Waals surface area contributed by atoms with Crippen molar-refractivity contribution in [2.45, 2.75) is 4.90 Å². The molecule has 30 heavy (non-hydrogen) atoms. The van der Waals surface area contributed by atoms with E-state index < -0.39 is 28.3 Å². The van der Waals surface area contributed by atoms with Crippen LogP contribution in [0.4, 0.5) is 9.52 Å². The number of rotatable bonds is 6. The van der Waals surface area contributed by atoms with Gasteiger partial charge in [-0.3, -0.25) is 4.79 Å². The summed E-state index contributed by atoms with van der Waals surface area (Å²) in [6.07, 6.45) is 1.86. The fourth-order valence-electron chi connectivity index (χ4n) is 2.97. The van der Waals surface area contributed by atoms with Crippen molar-refractivity contribution >= 4 is 43.3 Å². The number of hydrogen-bond donors (Lipinski definition) is 2. The number of aromatic nitrogens is 2. The van der Waals surface area contributed by atoms with E-state index in [9.17, 15) is 17.6 Å². The number of H-pyrrole nitrogens is 1. The standard InChI is InChI=1S/C20H17FN4O3S2/c1-25(30(27,28)14-8-6-13(21)7-9-14)11-19(26)24-20-23-18(12-29-20)16-10-22-17-5-3-2-4-15(16)17/h2-10,12,22H,11H2,1H3,(H,23,24,26). The van der Waals surface area contributed by atoms with E-state index in [1.54, 1.807) is 0 Å². The Morgan fingerprint density at radius 3 is 2.70 bits per heavy atom. The predicted molar refractivity (Wildman–Crippen MR) is 114 cm³/mol. The average molecular weight is 445 g/mol. The number of para-hydroxylation sites is 1. The molecule has 4 aromatic rings. The lowest BCUT2D eigenvalue weighted by atomic mass is 10.1. The lowest BCUT2D eigenvalue weighted by Crippen LogP contribution is -2.34. The summed E-state index contributed by atoms with van der Waals surface area (Å²) in [7, 11) is -2.62. The zero-order valence-electron chi connectivity index (χ0n) is 15.8. The Labute approximate surface area is 176 Å². The number of halogens is 1. The highest BCUT2D eigenvalue weighted by atomic mass is 32.2. The summed E-state index contributed by atoms with van der Waals surface area (Å²) >= 11 is 1.25. The molecular weight excluding hydrogens is 427 g/mol. The number of sulfonamides is 1. The first kappa shape index (κ1) is 20.2. The molecule has 0 aliphatic rings. The summed E-state index contributed by atoms with van der Waals surface area (Å²) < 4.78 is 39.0. The number of benzene rings is 2. The molecule has 1 amide bonds. The minimum absolute atomic E-state index is 0.0879. The highest BCUT2D eigenvalue weighted by molar-refractivity contribution is 7.89. The summed E-state index contributed by atoms with van der Waals surface area (Å²) in [5, 5.41) is 5.84. The third-order valence-corrected chi connectivity index (χ3v) is 7.08. The highest BCUT2D eigenvalue weighted by Gasteiger charge is 2.23. The number of carbonyl (C=O) groups excluding carboxylic acids is 1. The van der Waals surface area contributed by atoms with Gasteiger partial charge in [0.2, 0.25) is 15.9 Å². The largest absolute Gasteiger partial charge is 0.360 e. The lowest BCUT2D eigenvalue weighted by Gasteiger charge is -2.16. The van der Waals surface area contributed by atoms with E-state index >= 15 is 0 Å². The fourth-order valence-corrected chi connectivity index (χ4v) is 4.82. The van der Waals surface area contributed by atoms with E-state index in [2.05, 4.69) is 15.3 Å². The van der Waals surface area contributed by atoms with Crippen LogP contribution in [0.2, 0.25) is 0 Å². The van der Waals surface area contributed by atoms with Gasteiger partial charge in [0, 0.05) is 35.1 Å². The third-order valence-electron chi connectivity index (χ3n) is 4.50. The van der Waals surface area contributed by atoms with Gasteiger partial charge in [-0.2, -0.15) is 4.31 Å². The first-order valence-electron chi connectivity index (χ1n) is 8.88. The molecule has 0 aliphatic heterocycles. The minimum Gasteiger partial charge on any atom is -0.360 e. The van der Waals surface area contributed by atoms with Crippen LogP contribution in [-0.2, 0) is 14.8 Å². The van der Waals surface area contributed by atoms with Crippen LogP contribution in [0.25, 0.3) is 22.2 Å². The quantitative estimate of drug-likeness (QED) is 0.474. The molecule has 0 spiro atoms. The molecule has 7 nitrogen and oxygen atoms in total. The molecule has 2 aromatic carbocycles. The SMILES string of the molecule is CN(CC(=O)Nc1nc(-c2c[nH]c3ccccc23)cs1)S(=O)(=O)c1ccc(F)cc1. The third kappa shape index (κ3) is 3.97. The van der Waals surface area contributed by atoms with E-state index in [-0.39, 0.29) is 4.90 Å². The van der Waals surface area contributed by atoms with Gasteiger partial charge in [0.25, 0.3) is 0 Å². The van der Waals surface area contributed by atoms with Crippen LogP contribution < -0.4 is 5.32 Å². The number of anilines is 1. The second-order valence-corrected chi connectivity index (χ2v) is 9.45. The van der Waals surface area contributed by atoms with Crippen LogP contribution >= 0.6 is 11.3 Å². The first-order valence-corrected chi connectivity index (χ1v) is 11.2. The highest BCUT2D eigenvalue weighted by Crippen LogP contribution is 2.30. The van der Waals surface area contributed by atoms with Crippen molar-refractivity contribution in [2.75, 3.05) is 18.9 Å².